The largest absolute Gasteiger partial charge is 0.479 e. The van der Waals surface area contributed by atoms with E-state index in [4.69, 9.17) is 4.74 Å². The van der Waals surface area contributed by atoms with E-state index < -0.39 is 17.8 Å². The van der Waals surface area contributed by atoms with Crippen LogP contribution >= 0.6 is 0 Å². The molecule has 3 nitrogen and oxygen atoms in total. The van der Waals surface area contributed by atoms with Crippen LogP contribution in [-0.4, -0.2) is 12.0 Å². The summed E-state index contributed by atoms with van der Waals surface area (Å²) in [4.78, 5) is 13.8. The van der Waals surface area contributed by atoms with Crippen LogP contribution in [0.4, 0.5) is 18.9 Å². The lowest BCUT2D eigenvalue weighted by Crippen LogP contribution is -2.43. The van der Waals surface area contributed by atoms with Gasteiger partial charge in [-0.15, -0.1) is 0 Å². The number of para-hydroxylation sites is 2. The van der Waals surface area contributed by atoms with Crippen molar-refractivity contribution in [1.82, 2.24) is 0 Å². The molecular formula is C17H14F3NO2. The van der Waals surface area contributed by atoms with Gasteiger partial charge in [0, 0.05) is 0 Å². The molecule has 0 bridgehead atoms. The Labute approximate surface area is 131 Å². The van der Waals surface area contributed by atoms with Crippen molar-refractivity contribution in [3.8, 4) is 5.75 Å². The average Bonchev–Trinajstić information content (AvgIpc) is 2.51. The number of carbonyl (C=O) groups is 1. The molecule has 0 fully saturated rings. The SMILES string of the molecule is C[C@H]1Oc2ccccc2N(Cc2cccc(C(F)(F)F)c2)C1=O. The first-order chi connectivity index (χ1) is 10.9. The average molecular weight is 321 g/mol. The molecule has 0 spiro atoms. The second kappa shape index (κ2) is 5.61. The molecular weight excluding hydrogens is 307 g/mol. The Morgan fingerprint density at radius 1 is 1.13 bits per heavy atom. The molecule has 0 radical (unpaired) electrons. The van der Waals surface area contributed by atoms with Crippen molar-refractivity contribution in [3.63, 3.8) is 0 Å². The summed E-state index contributed by atoms with van der Waals surface area (Å²) in [6, 6.07) is 12.0. The van der Waals surface area contributed by atoms with Gasteiger partial charge in [0.1, 0.15) is 5.75 Å². The highest BCUT2D eigenvalue weighted by Gasteiger charge is 2.33. The third kappa shape index (κ3) is 3.02. The number of alkyl halides is 3. The fraction of sp³-hybridized carbons (Fsp3) is 0.235. The van der Waals surface area contributed by atoms with E-state index in [1.807, 2.05) is 0 Å². The molecule has 3 rings (SSSR count). The number of hydrogen-bond acceptors (Lipinski definition) is 2. The molecule has 2 aromatic rings. The van der Waals surface area contributed by atoms with Crippen molar-refractivity contribution in [2.75, 3.05) is 4.90 Å². The van der Waals surface area contributed by atoms with E-state index >= 15 is 0 Å². The predicted molar refractivity (Wildman–Crippen MR) is 79.2 cm³/mol. The predicted octanol–water partition coefficient (Wildman–Crippen LogP) is 4.02. The highest BCUT2D eigenvalue weighted by atomic mass is 19.4. The molecule has 1 aliphatic heterocycles. The number of amides is 1. The van der Waals surface area contributed by atoms with E-state index in [9.17, 15) is 18.0 Å². The molecule has 0 aliphatic carbocycles. The molecule has 2 aromatic carbocycles. The fourth-order valence-electron chi connectivity index (χ4n) is 2.55. The van der Waals surface area contributed by atoms with E-state index in [1.165, 1.54) is 11.0 Å². The van der Waals surface area contributed by atoms with Gasteiger partial charge >= 0.3 is 6.18 Å². The van der Waals surface area contributed by atoms with Crippen molar-refractivity contribution in [1.29, 1.82) is 0 Å². The van der Waals surface area contributed by atoms with Gasteiger partial charge in [0.15, 0.2) is 6.10 Å². The van der Waals surface area contributed by atoms with Crippen LogP contribution in [0, 0.1) is 0 Å². The third-order valence-corrected chi connectivity index (χ3v) is 3.67. The van der Waals surface area contributed by atoms with Gasteiger partial charge in [0.05, 0.1) is 17.8 Å². The minimum Gasteiger partial charge on any atom is -0.479 e. The summed E-state index contributed by atoms with van der Waals surface area (Å²) < 4.78 is 44.0. The zero-order valence-electron chi connectivity index (χ0n) is 12.3. The summed E-state index contributed by atoms with van der Waals surface area (Å²) >= 11 is 0. The van der Waals surface area contributed by atoms with Crippen molar-refractivity contribution in [3.05, 3.63) is 59.7 Å². The first-order valence-electron chi connectivity index (χ1n) is 7.09. The van der Waals surface area contributed by atoms with Crippen LogP contribution in [-0.2, 0) is 17.5 Å². The zero-order chi connectivity index (χ0) is 16.6. The first-order valence-corrected chi connectivity index (χ1v) is 7.09. The lowest BCUT2D eigenvalue weighted by molar-refractivity contribution is -0.137. The normalized spacial score (nSPS) is 17.7. The molecule has 1 amide bonds. The molecule has 0 unspecified atom stereocenters. The summed E-state index contributed by atoms with van der Waals surface area (Å²) in [5.74, 6) is 0.271. The molecule has 1 aliphatic rings. The number of halogens is 3. The molecule has 120 valence electrons. The summed E-state index contributed by atoms with van der Waals surface area (Å²) in [7, 11) is 0. The van der Waals surface area contributed by atoms with Crippen LogP contribution < -0.4 is 9.64 Å². The molecule has 1 heterocycles. The number of rotatable bonds is 2. The summed E-state index contributed by atoms with van der Waals surface area (Å²) in [6.07, 6.45) is -5.08. The number of ether oxygens (including phenoxy) is 1. The van der Waals surface area contributed by atoms with Crippen molar-refractivity contribution >= 4 is 11.6 Å². The molecule has 23 heavy (non-hydrogen) atoms. The summed E-state index contributed by atoms with van der Waals surface area (Å²) in [5, 5.41) is 0. The van der Waals surface area contributed by atoms with Gasteiger partial charge in [0.25, 0.3) is 5.91 Å². The number of anilines is 1. The van der Waals surface area contributed by atoms with Crippen molar-refractivity contribution in [2.24, 2.45) is 0 Å². The molecule has 0 saturated heterocycles. The monoisotopic (exact) mass is 321 g/mol. The maximum atomic E-state index is 12.8. The highest BCUT2D eigenvalue weighted by molar-refractivity contribution is 5.99. The van der Waals surface area contributed by atoms with E-state index in [0.717, 1.165) is 12.1 Å². The second-order valence-corrected chi connectivity index (χ2v) is 5.35. The van der Waals surface area contributed by atoms with Crippen LogP contribution in [0.25, 0.3) is 0 Å². The minimum atomic E-state index is -4.41. The van der Waals surface area contributed by atoms with Crippen LogP contribution in [0.1, 0.15) is 18.1 Å². The van der Waals surface area contributed by atoms with E-state index in [1.54, 1.807) is 37.3 Å². The van der Waals surface area contributed by atoms with E-state index in [2.05, 4.69) is 0 Å². The Bertz CT molecular complexity index is 743. The van der Waals surface area contributed by atoms with Gasteiger partial charge in [-0.05, 0) is 36.8 Å². The van der Waals surface area contributed by atoms with Crippen LogP contribution in [0.2, 0.25) is 0 Å². The number of fused-ring (bicyclic) bond motifs is 1. The maximum Gasteiger partial charge on any atom is 0.416 e. The van der Waals surface area contributed by atoms with E-state index in [-0.39, 0.29) is 12.5 Å². The Morgan fingerprint density at radius 2 is 1.87 bits per heavy atom. The summed E-state index contributed by atoms with van der Waals surface area (Å²) in [5.41, 5.74) is 0.252. The number of carbonyl (C=O) groups excluding carboxylic acids is 1. The van der Waals surface area contributed by atoms with Gasteiger partial charge in [-0.25, -0.2) is 0 Å². The number of hydrogen-bond donors (Lipinski definition) is 0. The zero-order valence-corrected chi connectivity index (χ0v) is 12.3. The van der Waals surface area contributed by atoms with Gasteiger partial charge in [0.2, 0.25) is 0 Å². The standard InChI is InChI=1S/C17H14F3NO2/c1-11-16(22)21(14-7-2-3-8-15(14)23-11)10-12-5-4-6-13(9-12)17(18,19)20/h2-9,11H,10H2,1H3/t11-/m1/s1. The van der Waals surface area contributed by atoms with Crippen molar-refractivity contribution < 1.29 is 22.7 Å². The van der Waals surface area contributed by atoms with Gasteiger partial charge in [-0.2, -0.15) is 13.2 Å². The van der Waals surface area contributed by atoms with Gasteiger partial charge < -0.3 is 9.64 Å². The van der Waals surface area contributed by atoms with E-state index in [0.29, 0.717) is 17.0 Å². The van der Waals surface area contributed by atoms with Crippen LogP contribution in [0.5, 0.6) is 5.75 Å². The third-order valence-electron chi connectivity index (χ3n) is 3.67. The van der Waals surface area contributed by atoms with Crippen LogP contribution in [0.3, 0.4) is 0 Å². The summed E-state index contributed by atoms with van der Waals surface area (Å²) in [6.45, 7) is 1.69. The number of nitrogens with zero attached hydrogens (tertiary/aromatic N) is 1. The maximum absolute atomic E-state index is 12.8. The Hall–Kier alpha value is -2.50. The molecule has 6 heteroatoms. The number of benzene rings is 2. The molecule has 0 saturated carbocycles. The Morgan fingerprint density at radius 3 is 2.61 bits per heavy atom. The van der Waals surface area contributed by atoms with Crippen LogP contribution in [0.15, 0.2) is 48.5 Å². The Kier molecular flexibility index (Phi) is 3.75. The highest BCUT2D eigenvalue weighted by Crippen LogP contribution is 2.35. The Balaban J connectivity index is 1.95. The lowest BCUT2D eigenvalue weighted by Gasteiger charge is -2.33. The quantitative estimate of drug-likeness (QED) is 0.836. The second-order valence-electron chi connectivity index (χ2n) is 5.35. The van der Waals surface area contributed by atoms with Gasteiger partial charge in [-0.1, -0.05) is 24.3 Å². The topological polar surface area (TPSA) is 29.5 Å². The first kappa shape index (κ1) is 15.4. The lowest BCUT2D eigenvalue weighted by atomic mass is 10.1. The fourth-order valence-corrected chi connectivity index (χ4v) is 2.55. The molecule has 0 N–H and O–H groups in total. The smallest absolute Gasteiger partial charge is 0.416 e. The minimum absolute atomic E-state index is 0.0630. The molecule has 0 aromatic heterocycles. The molecule has 1 atom stereocenters. The van der Waals surface area contributed by atoms with Crippen molar-refractivity contribution in [2.45, 2.75) is 25.7 Å². The van der Waals surface area contributed by atoms with Gasteiger partial charge in [-0.3, -0.25) is 4.79 Å².